The van der Waals surface area contributed by atoms with Crippen LogP contribution in [0.5, 0.6) is 11.5 Å². The standard InChI is InChI=1S/C22H20N2O3/c1-15-2-4-16(5-3-15)13-23-18-7-9-19(10-8-18)24-22(25)17-6-11-20-21(12-17)27-14-26-20/h2-12,23H,13-14H2,1H3,(H,24,25). The van der Waals surface area contributed by atoms with Gasteiger partial charge in [-0.3, -0.25) is 4.79 Å². The van der Waals surface area contributed by atoms with Crippen LogP contribution in [-0.2, 0) is 6.54 Å². The average molecular weight is 360 g/mol. The van der Waals surface area contributed by atoms with Crippen molar-refractivity contribution in [3.05, 3.63) is 83.4 Å². The zero-order chi connectivity index (χ0) is 18.6. The van der Waals surface area contributed by atoms with Crippen LogP contribution in [0.15, 0.2) is 66.7 Å². The number of amides is 1. The number of hydrogen-bond donors (Lipinski definition) is 2. The van der Waals surface area contributed by atoms with Crippen LogP contribution in [0.4, 0.5) is 11.4 Å². The molecule has 1 aliphatic heterocycles. The molecule has 0 saturated carbocycles. The molecule has 27 heavy (non-hydrogen) atoms. The van der Waals surface area contributed by atoms with Gasteiger partial charge in [0, 0.05) is 23.5 Å². The minimum Gasteiger partial charge on any atom is -0.454 e. The molecule has 1 heterocycles. The van der Waals surface area contributed by atoms with Crippen molar-refractivity contribution in [1.29, 1.82) is 0 Å². The van der Waals surface area contributed by atoms with Gasteiger partial charge >= 0.3 is 0 Å². The van der Waals surface area contributed by atoms with E-state index in [2.05, 4.69) is 41.8 Å². The first-order valence-electron chi connectivity index (χ1n) is 8.78. The van der Waals surface area contributed by atoms with Gasteiger partial charge in [0.25, 0.3) is 5.91 Å². The van der Waals surface area contributed by atoms with E-state index >= 15 is 0 Å². The topological polar surface area (TPSA) is 59.6 Å². The lowest BCUT2D eigenvalue weighted by Crippen LogP contribution is -2.11. The Morgan fingerprint density at radius 1 is 0.889 bits per heavy atom. The molecule has 3 aromatic carbocycles. The highest BCUT2D eigenvalue weighted by atomic mass is 16.7. The van der Waals surface area contributed by atoms with Crippen LogP contribution in [0.3, 0.4) is 0 Å². The van der Waals surface area contributed by atoms with E-state index in [1.54, 1.807) is 18.2 Å². The summed E-state index contributed by atoms with van der Waals surface area (Å²) in [6.07, 6.45) is 0. The third-order valence-electron chi connectivity index (χ3n) is 4.39. The first-order chi connectivity index (χ1) is 13.2. The van der Waals surface area contributed by atoms with E-state index in [4.69, 9.17) is 9.47 Å². The lowest BCUT2D eigenvalue weighted by Gasteiger charge is -2.09. The highest BCUT2D eigenvalue weighted by Crippen LogP contribution is 2.32. The molecule has 0 aromatic heterocycles. The van der Waals surface area contributed by atoms with Crippen molar-refractivity contribution in [3.63, 3.8) is 0 Å². The SMILES string of the molecule is Cc1ccc(CNc2ccc(NC(=O)c3ccc4c(c3)OCO4)cc2)cc1. The third kappa shape index (κ3) is 4.03. The molecular weight excluding hydrogens is 340 g/mol. The molecule has 0 atom stereocenters. The van der Waals surface area contributed by atoms with Crippen LogP contribution in [0, 0.1) is 6.92 Å². The number of hydrogen-bond acceptors (Lipinski definition) is 4. The van der Waals surface area contributed by atoms with Gasteiger partial charge in [-0.25, -0.2) is 0 Å². The smallest absolute Gasteiger partial charge is 0.255 e. The molecule has 136 valence electrons. The summed E-state index contributed by atoms with van der Waals surface area (Å²) in [5.74, 6) is 1.07. The van der Waals surface area contributed by atoms with Gasteiger partial charge in [-0.2, -0.15) is 0 Å². The molecule has 0 unspecified atom stereocenters. The number of anilines is 2. The maximum Gasteiger partial charge on any atom is 0.255 e. The Labute approximate surface area is 157 Å². The monoisotopic (exact) mass is 360 g/mol. The molecule has 4 rings (SSSR count). The fourth-order valence-electron chi connectivity index (χ4n) is 2.82. The molecule has 1 aliphatic rings. The molecular formula is C22H20N2O3. The molecule has 0 bridgehead atoms. The number of nitrogens with one attached hydrogen (secondary N) is 2. The summed E-state index contributed by atoms with van der Waals surface area (Å²) < 4.78 is 10.6. The second-order valence-corrected chi connectivity index (χ2v) is 6.44. The summed E-state index contributed by atoms with van der Waals surface area (Å²) in [6.45, 7) is 3.02. The Kier molecular flexibility index (Phi) is 4.66. The van der Waals surface area contributed by atoms with Crippen molar-refractivity contribution in [3.8, 4) is 11.5 Å². The minimum absolute atomic E-state index is 0.186. The fourth-order valence-corrected chi connectivity index (χ4v) is 2.82. The zero-order valence-electron chi connectivity index (χ0n) is 15.0. The molecule has 0 fully saturated rings. The number of benzene rings is 3. The second-order valence-electron chi connectivity index (χ2n) is 6.44. The number of ether oxygens (including phenoxy) is 2. The third-order valence-corrected chi connectivity index (χ3v) is 4.39. The Balaban J connectivity index is 1.36. The van der Waals surface area contributed by atoms with Gasteiger partial charge in [0.05, 0.1) is 0 Å². The average Bonchev–Trinajstić information content (AvgIpc) is 3.16. The minimum atomic E-state index is -0.186. The largest absolute Gasteiger partial charge is 0.454 e. The summed E-state index contributed by atoms with van der Waals surface area (Å²) in [6, 6.07) is 21.2. The van der Waals surface area contributed by atoms with Crippen LogP contribution in [-0.4, -0.2) is 12.7 Å². The molecule has 0 saturated heterocycles. The van der Waals surface area contributed by atoms with Gasteiger partial charge in [0.15, 0.2) is 11.5 Å². The van der Waals surface area contributed by atoms with E-state index in [0.717, 1.165) is 17.9 Å². The quantitative estimate of drug-likeness (QED) is 0.699. The van der Waals surface area contributed by atoms with Gasteiger partial charge in [0.2, 0.25) is 6.79 Å². The molecule has 2 N–H and O–H groups in total. The van der Waals surface area contributed by atoms with Crippen LogP contribution >= 0.6 is 0 Å². The lowest BCUT2D eigenvalue weighted by atomic mass is 10.1. The van der Waals surface area contributed by atoms with Gasteiger partial charge < -0.3 is 20.1 Å². The summed E-state index contributed by atoms with van der Waals surface area (Å²) in [4.78, 5) is 12.4. The maximum absolute atomic E-state index is 12.4. The Morgan fingerprint density at radius 2 is 1.59 bits per heavy atom. The highest BCUT2D eigenvalue weighted by Gasteiger charge is 2.16. The number of carbonyl (C=O) groups is 1. The first-order valence-corrected chi connectivity index (χ1v) is 8.78. The van der Waals surface area contributed by atoms with Gasteiger partial charge in [0.1, 0.15) is 0 Å². The number of aryl methyl sites for hydroxylation is 1. The molecule has 5 heteroatoms. The van der Waals surface area contributed by atoms with E-state index in [1.807, 2.05) is 24.3 Å². The predicted molar refractivity (Wildman–Crippen MR) is 105 cm³/mol. The molecule has 5 nitrogen and oxygen atoms in total. The summed E-state index contributed by atoms with van der Waals surface area (Å²) in [5.41, 5.74) is 4.73. The fraction of sp³-hybridized carbons (Fsp3) is 0.136. The van der Waals surface area contributed by atoms with Crippen LogP contribution in [0.2, 0.25) is 0 Å². The van der Waals surface area contributed by atoms with Crippen molar-refractivity contribution in [1.82, 2.24) is 0 Å². The Morgan fingerprint density at radius 3 is 2.37 bits per heavy atom. The molecule has 3 aromatic rings. The Hall–Kier alpha value is -3.47. The summed E-state index contributed by atoms with van der Waals surface area (Å²) in [5, 5.41) is 6.27. The predicted octanol–water partition coefficient (Wildman–Crippen LogP) is 4.59. The van der Waals surface area contributed by atoms with Crippen LogP contribution in [0.1, 0.15) is 21.5 Å². The van der Waals surface area contributed by atoms with E-state index in [9.17, 15) is 4.79 Å². The van der Waals surface area contributed by atoms with E-state index in [-0.39, 0.29) is 12.7 Å². The number of carbonyl (C=O) groups excluding carboxylic acids is 1. The van der Waals surface area contributed by atoms with Crippen molar-refractivity contribution >= 4 is 17.3 Å². The van der Waals surface area contributed by atoms with E-state index in [1.165, 1.54) is 11.1 Å². The molecule has 1 amide bonds. The van der Waals surface area contributed by atoms with Crippen molar-refractivity contribution in [2.75, 3.05) is 17.4 Å². The maximum atomic E-state index is 12.4. The summed E-state index contributed by atoms with van der Waals surface area (Å²) >= 11 is 0. The first kappa shape index (κ1) is 17.0. The van der Waals surface area contributed by atoms with Crippen molar-refractivity contribution in [2.45, 2.75) is 13.5 Å². The van der Waals surface area contributed by atoms with Crippen LogP contribution < -0.4 is 20.1 Å². The highest BCUT2D eigenvalue weighted by molar-refractivity contribution is 6.04. The summed E-state index contributed by atoms with van der Waals surface area (Å²) in [7, 11) is 0. The van der Waals surface area contributed by atoms with E-state index < -0.39 is 0 Å². The normalized spacial score (nSPS) is 11.9. The van der Waals surface area contributed by atoms with Gasteiger partial charge in [-0.1, -0.05) is 29.8 Å². The number of fused-ring (bicyclic) bond motifs is 1. The molecule has 0 radical (unpaired) electrons. The zero-order valence-corrected chi connectivity index (χ0v) is 15.0. The molecule has 0 spiro atoms. The van der Waals surface area contributed by atoms with Crippen LogP contribution in [0.25, 0.3) is 0 Å². The second kappa shape index (κ2) is 7.41. The number of rotatable bonds is 5. The Bertz CT molecular complexity index is 950. The van der Waals surface area contributed by atoms with E-state index in [0.29, 0.717) is 17.1 Å². The van der Waals surface area contributed by atoms with Crippen molar-refractivity contribution < 1.29 is 14.3 Å². The van der Waals surface area contributed by atoms with Gasteiger partial charge in [-0.15, -0.1) is 0 Å². The van der Waals surface area contributed by atoms with Gasteiger partial charge in [-0.05, 0) is 55.0 Å². The lowest BCUT2D eigenvalue weighted by molar-refractivity contribution is 0.102. The molecule has 0 aliphatic carbocycles. The van der Waals surface area contributed by atoms with Crippen molar-refractivity contribution in [2.24, 2.45) is 0 Å².